The Morgan fingerprint density at radius 3 is 2.06 bits per heavy atom. The van der Waals surface area contributed by atoms with Gasteiger partial charge in [0, 0.05) is 13.1 Å². The smallest absolute Gasteiger partial charge is 0.227 e. The van der Waals surface area contributed by atoms with E-state index in [9.17, 15) is 4.79 Å². The second-order valence-electron chi connectivity index (χ2n) is 4.78. The highest BCUT2D eigenvalue weighted by Gasteiger charge is 2.19. The predicted octanol–water partition coefficient (Wildman–Crippen LogP) is 3.09. The Hall–Kier alpha value is -0.570. The molecule has 0 aliphatic carbocycles. The van der Waals surface area contributed by atoms with Crippen molar-refractivity contribution in [2.45, 2.75) is 60.0 Å². The number of hydrogen-bond acceptors (Lipinski definition) is 2. The second-order valence-corrected chi connectivity index (χ2v) is 4.78. The van der Waals surface area contributed by atoms with Gasteiger partial charge in [-0.25, -0.2) is 0 Å². The predicted molar refractivity (Wildman–Crippen MR) is 72.0 cm³/mol. The summed E-state index contributed by atoms with van der Waals surface area (Å²) >= 11 is 0. The minimum atomic E-state index is -0.0258. The third kappa shape index (κ3) is 6.67. The lowest BCUT2D eigenvalue weighted by atomic mass is 10.1. The Labute approximate surface area is 107 Å². The molecule has 0 saturated carbocycles. The zero-order valence-electron chi connectivity index (χ0n) is 12.2. The summed E-state index contributed by atoms with van der Waals surface area (Å²) in [4.78, 5) is 14.1. The summed E-state index contributed by atoms with van der Waals surface area (Å²) in [6.45, 7) is 12.6. The van der Waals surface area contributed by atoms with Gasteiger partial charge in [-0.05, 0) is 26.2 Å². The van der Waals surface area contributed by atoms with Gasteiger partial charge in [0.2, 0.25) is 5.91 Å². The number of carbonyl (C=O) groups is 1. The van der Waals surface area contributed by atoms with E-state index in [1.807, 2.05) is 18.7 Å². The molecule has 0 radical (unpaired) electrons. The number of carbonyl (C=O) groups excluding carboxylic acids is 1. The molecule has 2 atom stereocenters. The first-order valence-corrected chi connectivity index (χ1v) is 6.97. The number of rotatable bonds is 9. The standard InChI is InChI=1S/C14H29NO2/c1-6-9-15(10-7-2)14(16)12(4)11-17-13(5)8-3/h12-13H,6-11H2,1-5H3. The highest BCUT2D eigenvalue weighted by Crippen LogP contribution is 2.07. The molecule has 0 aromatic carbocycles. The van der Waals surface area contributed by atoms with Crippen LogP contribution in [0, 0.1) is 5.92 Å². The van der Waals surface area contributed by atoms with Crippen LogP contribution in [0.15, 0.2) is 0 Å². The van der Waals surface area contributed by atoms with E-state index in [2.05, 4.69) is 20.8 Å². The zero-order chi connectivity index (χ0) is 13.3. The van der Waals surface area contributed by atoms with E-state index < -0.39 is 0 Å². The minimum Gasteiger partial charge on any atom is -0.378 e. The van der Waals surface area contributed by atoms with Crippen molar-refractivity contribution in [3.8, 4) is 0 Å². The molecule has 17 heavy (non-hydrogen) atoms. The van der Waals surface area contributed by atoms with Gasteiger partial charge in [0.1, 0.15) is 0 Å². The molecule has 3 nitrogen and oxygen atoms in total. The fourth-order valence-corrected chi connectivity index (χ4v) is 1.68. The monoisotopic (exact) mass is 243 g/mol. The van der Waals surface area contributed by atoms with Crippen molar-refractivity contribution >= 4 is 5.91 Å². The van der Waals surface area contributed by atoms with Gasteiger partial charge in [0.25, 0.3) is 0 Å². The lowest BCUT2D eigenvalue weighted by molar-refractivity contribution is -0.137. The molecule has 0 aromatic heterocycles. The molecule has 0 bridgehead atoms. The van der Waals surface area contributed by atoms with Crippen LogP contribution >= 0.6 is 0 Å². The van der Waals surface area contributed by atoms with Crippen molar-refractivity contribution in [2.24, 2.45) is 5.92 Å². The van der Waals surface area contributed by atoms with E-state index in [-0.39, 0.29) is 17.9 Å². The maximum absolute atomic E-state index is 12.2. The van der Waals surface area contributed by atoms with Gasteiger partial charge in [-0.3, -0.25) is 4.79 Å². The lowest BCUT2D eigenvalue weighted by Crippen LogP contribution is -2.38. The van der Waals surface area contributed by atoms with E-state index >= 15 is 0 Å². The molecular weight excluding hydrogens is 214 g/mol. The first-order chi connectivity index (χ1) is 8.06. The Kier molecular flexibility index (Phi) is 9.14. The molecule has 0 N–H and O–H groups in total. The highest BCUT2D eigenvalue weighted by atomic mass is 16.5. The van der Waals surface area contributed by atoms with Crippen LogP contribution in [0.2, 0.25) is 0 Å². The van der Waals surface area contributed by atoms with E-state index in [1.165, 1.54) is 0 Å². The quantitative estimate of drug-likeness (QED) is 0.623. The lowest BCUT2D eigenvalue weighted by Gasteiger charge is -2.25. The number of ether oxygens (including phenoxy) is 1. The third-order valence-corrected chi connectivity index (χ3v) is 2.93. The fraction of sp³-hybridized carbons (Fsp3) is 0.929. The van der Waals surface area contributed by atoms with E-state index in [0.717, 1.165) is 32.4 Å². The van der Waals surface area contributed by atoms with Crippen LogP contribution in [0.3, 0.4) is 0 Å². The molecule has 0 aliphatic rings. The van der Waals surface area contributed by atoms with Crippen molar-refractivity contribution in [3.63, 3.8) is 0 Å². The fourth-order valence-electron chi connectivity index (χ4n) is 1.68. The molecule has 0 aromatic rings. The van der Waals surface area contributed by atoms with Gasteiger partial charge in [-0.15, -0.1) is 0 Å². The molecule has 0 aliphatic heterocycles. The van der Waals surface area contributed by atoms with Crippen LogP contribution in [0.25, 0.3) is 0 Å². The molecule has 0 rings (SSSR count). The van der Waals surface area contributed by atoms with Crippen molar-refractivity contribution < 1.29 is 9.53 Å². The third-order valence-electron chi connectivity index (χ3n) is 2.93. The van der Waals surface area contributed by atoms with Crippen LogP contribution in [0.5, 0.6) is 0 Å². The van der Waals surface area contributed by atoms with Crippen molar-refractivity contribution in [1.29, 1.82) is 0 Å². The molecule has 0 spiro atoms. The zero-order valence-corrected chi connectivity index (χ0v) is 12.2. The van der Waals surface area contributed by atoms with E-state index in [0.29, 0.717) is 6.61 Å². The SMILES string of the molecule is CCCN(CCC)C(=O)C(C)COC(C)CC. The van der Waals surface area contributed by atoms with Crippen molar-refractivity contribution in [3.05, 3.63) is 0 Å². The number of hydrogen-bond donors (Lipinski definition) is 0. The Bertz CT molecular complexity index is 200. The van der Waals surface area contributed by atoms with Gasteiger partial charge in [0.05, 0.1) is 18.6 Å². The summed E-state index contributed by atoms with van der Waals surface area (Å²) < 4.78 is 5.63. The van der Waals surface area contributed by atoms with Gasteiger partial charge in [-0.1, -0.05) is 27.7 Å². The van der Waals surface area contributed by atoms with E-state index in [4.69, 9.17) is 4.74 Å². The first-order valence-electron chi connectivity index (χ1n) is 6.97. The average Bonchev–Trinajstić information content (AvgIpc) is 2.34. The maximum Gasteiger partial charge on any atom is 0.227 e. The van der Waals surface area contributed by atoms with Crippen LogP contribution in [-0.2, 0) is 9.53 Å². The summed E-state index contributed by atoms with van der Waals surface area (Å²) in [6, 6.07) is 0. The number of nitrogens with zero attached hydrogens (tertiary/aromatic N) is 1. The summed E-state index contributed by atoms with van der Waals surface area (Å²) in [6.07, 6.45) is 3.28. The van der Waals surface area contributed by atoms with Crippen LogP contribution in [0.4, 0.5) is 0 Å². The van der Waals surface area contributed by atoms with Gasteiger partial charge in [0.15, 0.2) is 0 Å². The minimum absolute atomic E-state index is 0.0258. The highest BCUT2D eigenvalue weighted by molar-refractivity contribution is 5.78. The molecule has 0 saturated heterocycles. The Morgan fingerprint density at radius 2 is 1.65 bits per heavy atom. The van der Waals surface area contributed by atoms with Gasteiger partial charge < -0.3 is 9.64 Å². The van der Waals surface area contributed by atoms with Crippen LogP contribution in [-0.4, -0.2) is 36.6 Å². The van der Waals surface area contributed by atoms with Crippen LogP contribution < -0.4 is 0 Å². The molecule has 0 fully saturated rings. The van der Waals surface area contributed by atoms with Crippen molar-refractivity contribution in [2.75, 3.05) is 19.7 Å². The van der Waals surface area contributed by atoms with Crippen LogP contribution in [0.1, 0.15) is 53.9 Å². The maximum atomic E-state index is 12.2. The topological polar surface area (TPSA) is 29.5 Å². The summed E-state index contributed by atoms with van der Waals surface area (Å²) in [5.74, 6) is 0.208. The van der Waals surface area contributed by atoms with Crippen molar-refractivity contribution in [1.82, 2.24) is 4.90 Å². The first kappa shape index (κ1) is 16.4. The summed E-state index contributed by atoms with van der Waals surface area (Å²) in [7, 11) is 0. The molecule has 0 heterocycles. The van der Waals surface area contributed by atoms with E-state index in [1.54, 1.807) is 0 Å². The molecule has 3 heteroatoms. The Morgan fingerprint density at radius 1 is 1.12 bits per heavy atom. The average molecular weight is 243 g/mol. The van der Waals surface area contributed by atoms with Gasteiger partial charge >= 0.3 is 0 Å². The van der Waals surface area contributed by atoms with Gasteiger partial charge in [-0.2, -0.15) is 0 Å². The second kappa shape index (κ2) is 9.46. The molecule has 1 amide bonds. The normalized spacial score (nSPS) is 14.4. The molecule has 102 valence electrons. The summed E-state index contributed by atoms with van der Waals surface area (Å²) in [5.41, 5.74) is 0. The summed E-state index contributed by atoms with van der Waals surface area (Å²) in [5, 5.41) is 0. The molecule has 2 unspecified atom stereocenters. The number of amides is 1. The Balaban J connectivity index is 4.14. The largest absolute Gasteiger partial charge is 0.378 e. The molecular formula is C14H29NO2.